The zero-order valence-electron chi connectivity index (χ0n) is 9.83. The molecule has 1 saturated carbocycles. The van der Waals surface area contributed by atoms with Gasteiger partial charge in [-0.2, -0.15) is 12.6 Å². The molecule has 0 saturated heterocycles. The highest BCUT2D eigenvalue weighted by Gasteiger charge is 2.25. The molecule has 1 fully saturated rings. The molecule has 5 heteroatoms. The third kappa shape index (κ3) is 3.50. The fourth-order valence-electron chi connectivity index (χ4n) is 1.96. The zero-order valence-corrected chi connectivity index (χ0v) is 10.7. The normalized spacial score (nSPS) is 22.5. The van der Waals surface area contributed by atoms with Crippen molar-refractivity contribution < 1.29 is 14.3 Å². The predicted octanol–water partition coefficient (Wildman–Crippen LogP) is 2.40. The molecule has 0 unspecified atom stereocenters. The largest absolute Gasteiger partial charge is 0.446 e. The summed E-state index contributed by atoms with van der Waals surface area (Å²) in [4.78, 5) is 23.2. The van der Waals surface area contributed by atoms with Crippen molar-refractivity contribution in [2.45, 2.75) is 30.6 Å². The molecular formula is C13H15NO3S. The maximum atomic E-state index is 11.7. The number of imide groups is 1. The van der Waals surface area contributed by atoms with E-state index >= 15 is 0 Å². The first kappa shape index (κ1) is 13.0. The van der Waals surface area contributed by atoms with E-state index in [1.165, 1.54) is 0 Å². The second-order valence-electron chi connectivity index (χ2n) is 4.31. The van der Waals surface area contributed by atoms with Crippen LogP contribution in [0.2, 0.25) is 0 Å². The minimum atomic E-state index is -0.684. The van der Waals surface area contributed by atoms with E-state index in [0.717, 1.165) is 19.3 Å². The van der Waals surface area contributed by atoms with Gasteiger partial charge in [-0.25, -0.2) is 4.79 Å². The molecule has 0 aromatic heterocycles. The fraction of sp³-hybridized carbons (Fsp3) is 0.385. The van der Waals surface area contributed by atoms with Gasteiger partial charge in [-0.15, -0.1) is 0 Å². The molecule has 0 aliphatic heterocycles. The number of benzene rings is 1. The molecule has 2 atom stereocenters. The van der Waals surface area contributed by atoms with Gasteiger partial charge in [0.2, 0.25) is 0 Å². The van der Waals surface area contributed by atoms with Gasteiger partial charge >= 0.3 is 6.09 Å². The number of ether oxygens (including phenoxy) is 1. The van der Waals surface area contributed by atoms with Crippen molar-refractivity contribution in [2.75, 3.05) is 0 Å². The van der Waals surface area contributed by atoms with E-state index in [0.29, 0.717) is 5.56 Å². The van der Waals surface area contributed by atoms with Gasteiger partial charge in [0.15, 0.2) is 0 Å². The summed E-state index contributed by atoms with van der Waals surface area (Å²) in [5.74, 6) is -0.443. The summed E-state index contributed by atoms with van der Waals surface area (Å²) in [6, 6.07) is 8.57. The number of nitrogens with one attached hydrogen (secondary N) is 1. The Kier molecular flexibility index (Phi) is 4.25. The van der Waals surface area contributed by atoms with Crippen LogP contribution in [0.4, 0.5) is 4.79 Å². The number of amides is 2. The number of thiol groups is 1. The van der Waals surface area contributed by atoms with E-state index in [1.54, 1.807) is 30.3 Å². The molecule has 0 radical (unpaired) electrons. The van der Waals surface area contributed by atoms with Crippen LogP contribution in [0.25, 0.3) is 0 Å². The molecule has 1 aromatic carbocycles. The van der Waals surface area contributed by atoms with Crippen LogP contribution in [0, 0.1) is 0 Å². The van der Waals surface area contributed by atoms with Gasteiger partial charge in [0.25, 0.3) is 5.91 Å². The van der Waals surface area contributed by atoms with Crippen LogP contribution < -0.4 is 5.32 Å². The lowest BCUT2D eigenvalue weighted by molar-refractivity contribution is 0.0834. The van der Waals surface area contributed by atoms with E-state index in [4.69, 9.17) is 4.74 Å². The van der Waals surface area contributed by atoms with Crippen LogP contribution in [0.3, 0.4) is 0 Å². The molecule has 0 bridgehead atoms. The number of carbonyl (C=O) groups excluding carboxylic acids is 2. The average Bonchev–Trinajstić information content (AvgIpc) is 2.75. The summed E-state index contributed by atoms with van der Waals surface area (Å²) in [5.41, 5.74) is 0.438. The van der Waals surface area contributed by atoms with Gasteiger partial charge in [-0.1, -0.05) is 18.2 Å². The fourth-order valence-corrected chi connectivity index (χ4v) is 2.34. The van der Waals surface area contributed by atoms with Crippen LogP contribution in [-0.4, -0.2) is 23.4 Å². The first-order valence-corrected chi connectivity index (χ1v) is 6.42. The van der Waals surface area contributed by atoms with Crippen LogP contribution in [-0.2, 0) is 4.74 Å². The standard InChI is InChI=1S/C13H15NO3S/c15-12(9-4-2-1-3-5-9)14-13(16)17-10-6-7-11(18)8-10/h1-5,10-11,18H,6-8H2,(H,14,15,16)/t10-,11+/m1/s1. The molecule has 1 aliphatic carbocycles. The topological polar surface area (TPSA) is 55.4 Å². The second-order valence-corrected chi connectivity index (χ2v) is 5.04. The third-order valence-electron chi connectivity index (χ3n) is 2.88. The van der Waals surface area contributed by atoms with Crippen molar-refractivity contribution in [1.29, 1.82) is 0 Å². The average molecular weight is 265 g/mol. The molecule has 1 aromatic rings. The first-order chi connectivity index (χ1) is 8.65. The number of alkyl carbamates (subject to hydrolysis) is 1. The van der Waals surface area contributed by atoms with E-state index in [-0.39, 0.29) is 11.4 Å². The highest BCUT2D eigenvalue weighted by molar-refractivity contribution is 7.80. The molecule has 0 heterocycles. The Balaban J connectivity index is 1.83. The minimum Gasteiger partial charge on any atom is -0.446 e. The van der Waals surface area contributed by atoms with E-state index in [9.17, 15) is 9.59 Å². The van der Waals surface area contributed by atoms with Crippen molar-refractivity contribution in [3.63, 3.8) is 0 Å². The molecule has 1 N–H and O–H groups in total. The van der Waals surface area contributed by atoms with Crippen LogP contribution in [0.1, 0.15) is 29.6 Å². The number of carbonyl (C=O) groups is 2. The summed E-state index contributed by atoms with van der Waals surface area (Å²) in [6.45, 7) is 0. The van der Waals surface area contributed by atoms with Crippen LogP contribution >= 0.6 is 12.6 Å². The maximum absolute atomic E-state index is 11.7. The Labute approximate surface area is 111 Å². The maximum Gasteiger partial charge on any atom is 0.414 e. The molecule has 2 rings (SSSR count). The van der Waals surface area contributed by atoms with Gasteiger partial charge in [0.05, 0.1) is 0 Å². The summed E-state index contributed by atoms with van der Waals surface area (Å²) in [5, 5.41) is 2.50. The summed E-state index contributed by atoms with van der Waals surface area (Å²) in [7, 11) is 0. The Hall–Kier alpha value is -1.49. The monoisotopic (exact) mass is 265 g/mol. The lowest BCUT2D eigenvalue weighted by Crippen LogP contribution is -2.33. The number of hydrogen-bond donors (Lipinski definition) is 2. The van der Waals surface area contributed by atoms with E-state index < -0.39 is 12.0 Å². The quantitative estimate of drug-likeness (QED) is 0.807. The van der Waals surface area contributed by atoms with Gasteiger partial charge in [-0.05, 0) is 31.4 Å². The predicted molar refractivity (Wildman–Crippen MR) is 70.8 cm³/mol. The lowest BCUT2D eigenvalue weighted by Gasteiger charge is -2.11. The minimum absolute atomic E-state index is 0.129. The van der Waals surface area contributed by atoms with E-state index in [2.05, 4.69) is 17.9 Å². The Bertz CT molecular complexity index is 435. The summed E-state index contributed by atoms with van der Waals surface area (Å²) < 4.78 is 5.15. The molecule has 2 amide bonds. The smallest absolute Gasteiger partial charge is 0.414 e. The molecular weight excluding hydrogens is 250 g/mol. The van der Waals surface area contributed by atoms with Crippen molar-refractivity contribution in [2.24, 2.45) is 0 Å². The van der Waals surface area contributed by atoms with Crippen molar-refractivity contribution >= 4 is 24.6 Å². The molecule has 1 aliphatic rings. The number of rotatable bonds is 2. The van der Waals surface area contributed by atoms with Crippen molar-refractivity contribution in [3.05, 3.63) is 35.9 Å². The molecule has 0 spiro atoms. The summed E-state index contributed by atoms with van der Waals surface area (Å²) in [6.07, 6.45) is 1.68. The Morgan fingerprint density at radius 1 is 1.22 bits per heavy atom. The van der Waals surface area contributed by atoms with Gasteiger partial charge in [-0.3, -0.25) is 10.1 Å². The van der Waals surface area contributed by atoms with Gasteiger partial charge < -0.3 is 4.74 Å². The summed E-state index contributed by atoms with van der Waals surface area (Å²) >= 11 is 4.32. The van der Waals surface area contributed by atoms with Crippen LogP contribution in [0.5, 0.6) is 0 Å². The lowest BCUT2D eigenvalue weighted by atomic mass is 10.2. The van der Waals surface area contributed by atoms with Crippen molar-refractivity contribution in [1.82, 2.24) is 5.32 Å². The highest BCUT2D eigenvalue weighted by Crippen LogP contribution is 2.25. The highest BCUT2D eigenvalue weighted by atomic mass is 32.1. The molecule has 4 nitrogen and oxygen atoms in total. The Morgan fingerprint density at radius 2 is 1.94 bits per heavy atom. The van der Waals surface area contributed by atoms with Crippen LogP contribution in [0.15, 0.2) is 30.3 Å². The SMILES string of the molecule is O=C(NC(=O)c1ccccc1)O[C@@H]1CC[C@H](S)C1. The van der Waals surface area contributed by atoms with Gasteiger partial charge in [0, 0.05) is 10.8 Å². The molecule has 18 heavy (non-hydrogen) atoms. The van der Waals surface area contributed by atoms with E-state index in [1.807, 2.05) is 0 Å². The van der Waals surface area contributed by atoms with Crippen molar-refractivity contribution in [3.8, 4) is 0 Å². The third-order valence-corrected chi connectivity index (χ3v) is 3.35. The second kappa shape index (κ2) is 5.91. The van der Waals surface area contributed by atoms with Gasteiger partial charge in [0.1, 0.15) is 6.10 Å². The number of hydrogen-bond acceptors (Lipinski definition) is 4. The zero-order chi connectivity index (χ0) is 13.0. The molecule has 96 valence electrons. The first-order valence-electron chi connectivity index (χ1n) is 5.90. The Morgan fingerprint density at radius 3 is 2.56 bits per heavy atom.